The number of para-hydroxylation sites is 1. The van der Waals surface area contributed by atoms with Gasteiger partial charge in [-0.1, -0.05) is 12.1 Å². The minimum atomic E-state index is -3.96. The number of hydrogen-bond donors (Lipinski definition) is 1. The molecule has 30 heavy (non-hydrogen) atoms. The minimum Gasteiger partial charge on any atom is -0.493 e. The summed E-state index contributed by atoms with van der Waals surface area (Å²) in [4.78, 5) is 8.25. The van der Waals surface area contributed by atoms with Crippen LogP contribution in [0.25, 0.3) is 0 Å². The number of anilines is 1. The van der Waals surface area contributed by atoms with Gasteiger partial charge in [-0.2, -0.15) is 9.97 Å². The van der Waals surface area contributed by atoms with Crippen molar-refractivity contribution in [2.24, 2.45) is 0 Å². The summed E-state index contributed by atoms with van der Waals surface area (Å²) in [7, 11) is -1.09. The van der Waals surface area contributed by atoms with Gasteiger partial charge in [0.15, 0.2) is 23.1 Å². The first kappa shape index (κ1) is 21.3. The van der Waals surface area contributed by atoms with Crippen molar-refractivity contribution in [3.8, 4) is 23.3 Å². The molecule has 0 aliphatic carbocycles. The number of ether oxygens (including phenoxy) is 3. The predicted octanol–water partition coefficient (Wildman–Crippen LogP) is 3.84. The first-order valence-electron chi connectivity index (χ1n) is 8.77. The Labute approximate surface area is 173 Å². The maximum Gasteiger partial charge on any atom is 0.322 e. The molecule has 0 bridgehead atoms. The highest BCUT2D eigenvalue weighted by Gasteiger charge is 2.21. The van der Waals surface area contributed by atoms with E-state index < -0.39 is 15.8 Å². The number of nitrogens with one attached hydrogen (secondary N) is 1. The summed E-state index contributed by atoms with van der Waals surface area (Å²) >= 11 is 0. The largest absolute Gasteiger partial charge is 0.493 e. The van der Waals surface area contributed by atoms with Gasteiger partial charge in [-0.25, -0.2) is 12.8 Å². The molecule has 1 heterocycles. The van der Waals surface area contributed by atoms with Gasteiger partial charge in [0.2, 0.25) is 0 Å². The van der Waals surface area contributed by atoms with Gasteiger partial charge < -0.3 is 14.2 Å². The molecule has 0 saturated heterocycles. The van der Waals surface area contributed by atoms with Gasteiger partial charge in [0.05, 0.1) is 36.2 Å². The molecule has 0 fully saturated rings. The molecule has 0 saturated carbocycles. The van der Waals surface area contributed by atoms with E-state index in [-0.39, 0.29) is 28.1 Å². The van der Waals surface area contributed by atoms with Crippen LogP contribution in [0.2, 0.25) is 0 Å². The topological polar surface area (TPSA) is 99.6 Å². The van der Waals surface area contributed by atoms with Crippen molar-refractivity contribution in [2.45, 2.75) is 18.7 Å². The van der Waals surface area contributed by atoms with Crippen LogP contribution in [0.4, 0.5) is 10.1 Å². The van der Waals surface area contributed by atoms with Crippen LogP contribution in [0.3, 0.4) is 0 Å². The average molecular weight is 433 g/mol. The Hall–Kier alpha value is -3.40. The summed E-state index contributed by atoms with van der Waals surface area (Å²) < 4.78 is 57.7. The molecule has 0 aliphatic heterocycles. The fraction of sp³-hybridized carbons (Fsp3) is 0.200. The zero-order valence-corrected chi connectivity index (χ0v) is 17.6. The van der Waals surface area contributed by atoms with E-state index in [1.165, 1.54) is 50.6 Å². The molecule has 0 atom stereocenters. The van der Waals surface area contributed by atoms with E-state index in [1.807, 2.05) is 0 Å². The highest BCUT2D eigenvalue weighted by molar-refractivity contribution is 7.92. The Balaban J connectivity index is 1.90. The summed E-state index contributed by atoms with van der Waals surface area (Å²) in [5.41, 5.74) is 0.835. The van der Waals surface area contributed by atoms with Crippen LogP contribution >= 0.6 is 0 Å². The van der Waals surface area contributed by atoms with Gasteiger partial charge >= 0.3 is 6.01 Å². The second-order valence-electron chi connectivity index (χ2n) is 6.21. The molecule has 1 N–H and O–H groups in total. The lowest BCUT2D eigenvalue weighted by molar-refractivity contribution is 0.354. The Morgan fingerprint density at radius 2 is 1.53 bits per heavy atom. The van der Waals surface area contributed by atoms with Crippen molar-refractivity contribution in [1.82, 2.24) is 9.97 Å². The minimum absolute atomic E-state index is 0.0226. The van der Waals surface area contributed by atoms with E-state index in [9.17, 15) is 12.8 Å². The molecule has 0 aliphatic rings. The monoisotopic (exact) mass is 433 g/mol. The highest BCUT2D eigenvalue weighted by Crippen LogP contribution is 2.31. The van der Waals surface area contributed by atoms with Crippen molar-refractivity contribution >= 4 is 15.7 Å². The highest BCUT2D eigenvalue weighted by atomic mass is 32.2. The van der Waals surface area contributed by atoms with Crippen LogP contribution in [0, 0.1) is 19.7 Å². The average Bonchev–Trinajstić information content (AvgIpc) is 2.72. The molecule has 0 spiro atoms. The fourth-order valence-electron chi connectivity index (χ4n) is 2.68. The Bertz CT molecular complexity index is 1160. The number of sulfonamides is 1. The van der Waals surface area contributed by atoms with Crippen molar-refractivity contribution < 1.29 is 27.0 Å². The van der Waals surface area contributed by atoms with E-state index in [4.69, 9.17) is 14.2 Å². The quantitative estimate of drug-likeness (QED) is 0.604. The molecule has 2 aromatic carbocycles. The van der Waals surface area contributed by atoms with Crippen molar-refractivity contribution in [2.75, 3.05) is 18.9 Å². The lowest BCUT2D eigenvalue weighted by Gasteiger charge is -2.15. The number of hydrogen-bond acceptors (Lipinski definition) is 7. The first-order valence-corrected chi connectivity index (χ1v) is 10.3. The Kier molecular flexibility index (Phi) is 6.06. The van der Waals surface area contributed by atoms with Crippen molar-refractivity contribution in [3.63, 3.8) is 0 Å². The zero-order valence-electron chi connectivity index (χ0n) is 16.8. The molecular formula is C20H20FN3O5S. The van der Waals surface area contributed by atoms with E-state index >= 15 is 0 Å². The van der Waals surface area contributed by atoms with Crippen molar-refractivity contribution in [1.29, 1.82) is 0 Å². The maximum absolute atomic E-state index is 13.8. The van der Waals surface area contributed by atoms with Crippen LogP contribution in [0.5, 0.6) is 23.3 Å². The molecule has 0 amide bonds. The summed E-state index contributed by atoms with van der Waals surface area (Å²) in [6.07, 6.45) is 0. The summed E-state index contributed by atoms with van der Waals surface area (Å²) in [5, 5.41) is 0. The second-order valence-corrected chi connectivity index (χ2v) is 7.89. The van der Waals surface area contributed by atoms with Crippen molar-refractivity contribution in [3.05, 3.63) is 59.7 Å². The van der Waals surface area contributed by atoms with Crippen LogP contribution in [0.1, 0.15) is 11.4 Å². The molecule has 3 rings (SSSR count). The van der Waals surface area contributed by atoms with Gasteiger partial charge in [-0.05, 0) is 38.1 Å². The summed E-state index contributed by atoms with van der Waals surface area (Å²) in [5.74, 6) is 0.0880. The number of rotatable bonds is 7. The standard InChI is InChI=1S/C20H20FN3O5S/c1-12-19(13(2)23-20(22-12)29-16-8-6-5-7-15(16)21)24-30(25,26)14-9-10-17(27-3)18(11-14)28-4/h5-11,24H,1-4H3. The van der Waals surface area contributed by atoms with E-state index in [0.717, 1.165) is 0 Å². The third-order valence-electron chi connectivity index (χ3n) is 4.19. The number of methoxy groups -OCH3 is 2. The fourth-order valence-corrected chi connectivity index (χ4v) is 3.87. The van der Waals surface area contributed by atoms with Gasteiger partial charge in [0, 0.05) is 6.07 Å². The van der Waals surface area contributed by atoms with Crippen LogP contribution < -0.4 is 18.9 Å². The Morgan fingerprint density at radius 3 is 2.13 bits per heavy atom. The molecule has 158 valence electrons. The second kappa shape index (κ2) is 8.54. The smallest absolute Gasteiger partial charge is 0.322 e. The number of nitrogens with zero attached hydrogens (tertiary/aromatic N) is 2. The molecule has 1 aromatic heterocycles. The predicted molar refractivity (Wildman–Crippen MR) is 108 cm³/mol. The van der Waals surface area contributed by atoms with Gasteiger partial charge in [0.1, 0.15) is 0 Å². The molecule has 10 heteroatoms. The number of halogens is 1. The lowest BCUT2D eigenvalue weighted by atomic mass is 10.3. The zero-order chi connectivity index (χ0) is 21.9. The van der Waals surface area contributed by atoms with Crippen LogP contribution in [-0.2, 0) is 10.0 Å². The third-order valence-corrected chi connectivity index (χ3v) is 5.54. The van der Waals surface area contributed by atoms with Crippen LogP contribution in [0.15, 0.2) is 47.4 Å². The van der Waals surface area contributed by atoms with E-state index in [0.29, 0.717) is 17.1 Å². The SMILES string of the molecule is COc1ccc(S(=O)(=O)Nc2c(C)nc(Oc3ccccc3F)nc2C)cc1OC. The molecular weight excluding hydrogens is 413 g/mol. The molecule has 0 unspecified atom stereocenters. The van der Waals surface area contributed by atoms with Crippen LogP contribution in [-0.4, -0.2) is 32.6 Å². The number of benzene rings is 2. The molecule has 3 aromatic rings. The van der Waals surface area contributed by atoms with Gasteiger partial charge in [-0.15, -0.1) is 0 Å². The lowest BCUT2D eigenvalue weighted by Crippen LogP contribution is -2.16. The first-order chi connectivity index (χ1) is 14.2. The molecule has 8 nitrogen and oxygen atoms in total. The van der Waals surface area contributed by atoms with E-state index in [2.05, 4.69) is 14.7 Å². The maximum atomic E-state index is 13.8. The van der Waals surface area contributed by atoms with Gasteiger partial charge in [0.25, 0.3) is 10.0 Å². The third kappa shape index (κ3) is 4.43. The molecule has 0 radical (unpaired) electrons. The number of aryl methyl sites for hydroxylation is 2. The summed E-state index contributed by atoms with van der Waals surface area (Å²) in [6.45, 7) is 3.19. The normalized spacial score (nSPS) is 11.1. The van der Waals surface area contributed by atoms with E-state index in [1.54, 1.807) is 19.9 Å². The Morgan fingerprint density at radius 1 is 0.900 bits per heavy atom. The van der Waals surface area contributed by atoms with Gasteiger partial charge in [-0.3, -0.25) is 4.72 Å². The number of aromatic nitrogens is 2. The summed E-state index contributed by atoms with van der Waals surface area (Å²) in [6, 6.07) is 9.99.